The molecule has 0 unspecified atom stereocenters. The quantitative estimate of drug-likeness (QED) is 0.682. The van der Waals surface area contributed by atoms with E-state index < -0.39 is 5.51 Å². The molecule has 0 saturated heterocycles. The van der Waals surface area contributed by atoms with Crippen LogP contribution in [0.5, 0.6) is 0 Å². The number of thioether (sulfide) groups is 1. The lowest BCUT2D eigenvalue weighted by Gasteiger charge is -2.10. The van der Waals surface area contributed by atoms with Crippen molar-refractivity contribution in [2.24, 2.45) is 0 Å². The fourth-order valence-corrected chi connectivity index (χ4v) is 2.23. The molecule has 0 N–H and O–H groups in total. The monoisotopic (exact) mass is 254 g/mol. The summed E-state index contributed by atoms with van der Waals surface area (Å²) >= 11 is -0.0778. The van der Waals surface area contributed by atoms with E-state index >= 15 is 0 Å². The van der Waals surface area contributed by atoms with Crippen molar-refractivity contribution in [3.05, 3.63) is 54.6 Å². The van der Waals surface area contributed by atoms with E-state index in [0.29, 0.717) is 5.56 Å². The van der Waals surface area contributed by atoms with Crippen LogP contribution >= 0.6 is 11.8 Å². The van der Waals surface area contributed by atoms with E-state index in [-0.39, 0.29) is 16.7 Å². The zero-order chi connectivity index (χ0) is 12.3. The van der Waals surface area contributed by atoms with Crippen LogP contribution in [-0.4, -0.2) is 5.51 Å². The summed E-state index contributed by atoms with van der Waals surface area (Å²) in [4.78, 5) is 0.228. The third kappa shape index (κ3) is 3.27. The lowest BCUT2D eigenvalue weighted by Crippen LogP contribution is -1.99. The average Bonchev–Trinajstić information content (AvgIpc) is 2.29. The summed E-state index contributed by atoms with van der Waals surface area (Å²) in [5.41, 5.74) is -2.86. The van der Waals surface area contributed by atoms with Crippen molar-refractivity contribution in [1.82, 2.24) is 0 Å². The average molecular weight is 254 g/mol. The van der Waals surface area contributed by atoms with Crippen molar-refractivity contribution < 1.29 is 13.2 Å². The highest BCUT2D eigenvalue weighted by molar-refractivity contribution is 8.00. The highest BCUT2D eigenvalue weighted by atomic mass is 32.2. The van der Waals surface area contributed by atoms with Gasteiger partial charge in [0.05, 0.1) is 0 Å². The van der Waals surface area contributed by atoms with Crippen LogP contribution in [0.1, 0.15) is 0 Å². The first kappa shape index (κ1) is 12.0. The molecule has 0 fully saturated rings. The summed E-state index contributed by atoms with van der Waals surface area (Å²) < 4.78 is 37.2. The molecule has 0 bridgehead atoms. The van der Waals surface area contributed by atoms with Gasteiger partial charge in [-0.05, 0) is 29.0 Å². The van der Waals surface area contributed by atoms with Gasteiger partial charge < -0.3 is 0 Å². The second kappa shape index (κ2) is 4.84. The molecule has 2 aromatic rings. The van der Waals surface area contributed by atoms with Crippen LogP contribution < -0.4 is 0 Å². The summed E-state index contributed by atoms with van der Waals surface area (Å²) in [6.07, 6.45) is 0. The van der Waals surface area contributed by atoms with Gasteiger partial charge in [0.1, 0.15) is 0 Å². The molecule has 0 saturated carbocycles. The topological polar surface area (TPSA) is 0 Å². The van der Waals surface area contributed by atoms with Crippen LogP contribution in [0.3, 0.4) is 0 Å². The van der Waals surface area contributed by atoms with Crippen LogP contribution in [0.4, 0.5) is 13.2 Å². The Balaban J connectivity index is 2.41. The van der Waals surface area contributed by atoms with Crippen LogP contribution in [0.2, 0.25) is 0 Å². The van der Waals surface area contributed by atoms with Crippen molar-refractivity contribution in [2.45, 2.75) is 10.4 Å². The van der Waals surface area contributed by atoms with Gasteiger partial charge in [0.25, 0.3) is 0 Å². The molecule has 0 aromatic heterocycles. The molecule has 0 aliphatic rings. The molecule has 0 radical (unpaired) electrons. The molecule has 0 aliphatic heterocycles. The standard InChI is InChI=1S/C13H9F3S/c14-13(15,16)17-12-9-5-4-8-11(12)10-6-2-1-3-7-10/h1-9H. The molecule has 88 valence electrons. The van der Waals surface area contributed by atoms with Gasteiger partial charge in [-0.25, -0.2) is 0 Å². The molecular formula is C13H9F3S. The highest BCUT2D eigenvalue weighted by Crippen LogP contribution is 2.41. The molecule has 0 heterocycles. The maximum Gasteiger partial charge on any atom is 0.446 e. The maximum atomic E-state index is 12.4. The fourth-order valence-electron chi connectivity index (χ4n) is 1.54. The molecule has 2 rings (SSSR count). The third-order valence-electron chi connectivity index (χ3n) is 2.20. The maximum absolute atomic E-state index is 12.4. The summed E-state index contributed by atoms with van der Waals surface area (Å²) in [5, 5.41) is 0. The van der Waals surface area contributed by atoms with Crippen molar-refractivity contribution in [3.63, 3.8) is 0 Å². The largest absolute Gasteiger partial charge is 0.446 e. The summed E-state index contributed by atoms with van der Waals surface area (Å²) in [6.45, 7) is 0. The Hall–Kier alpha value is -1.42. The summed E-state index contributed by atoms with van der Waals surface area (Å²) in [6, 6.07) is 15.6. The van der Waals surface area contributed by atoms with Crippen molar-refractivity contribution in [3.8, 4) is 11.1 Å². The Morgan fingerprint density at radius 3 is 2.00 bits per heavy atom. The van der Waals surface area contributed by atoms with Gasteiger partial charge in [0.15, 0.2) is 0 Å². The van der Waals surface area contributed by atoms with Gasteiger partial charge in [0, 0.05) is 4.90 Å². The number of benzene rings is 2. The Labute approximate surface area is 101 Å². The van der Waals surface area contributed by atoms with Gasteiger partial charge in [0.2, 0.25) is 0 Å². The lowest BCUT2D eigenvalue weighted by molar-refractivity contribution is -0.0327. The first-order valence-corrected chi connectivity index (χ1v) is 5.78. The molecule has 0 spiro atoms. The number of hydrogen-bond acceptors (Lipinski definition) is 1. The zero-order valence-electron chi connectivity index (χ0n) is 8.74. The Bertz CT molecular complexity index is 492. The van der Waals surface area contributed by atoms with Crippen molar-refractivity contribution in [2.75, 3.05) is 0 Å². The minimum absolute atomic E-state index is 0.0778. The molecule has 0 amide bonds. The minimum Gasteiger partial charge on any atom is -0.160 e. The number of hydrogen-bond donors (Lipinski definition) is 0. The Kier molecular flexibility index (Phi) is 3.43. The van der Waals surface area contributed by atoms with E-state index in [4.69, 9.17) is 0 Å². The third-order valence-corrected chi connectivity index (χ3v) is 3.00. The first-order valence-electron chi connectivity index (χ1n) is 4.96. The van der Waals surface area contributed by atoms with Crippen LogP contribution in [0.25, 0.3) is 11.1 Å². The molecule has 0 nitrogen and oxygen atoms in total. The SMILES string of the molecule is FC(F)(F)Sc1ccccc1-c1ccccc1. The Morgan fingerprint density at radius 2 is 1.35 bits per heavy atom. The van der Waals surface area contributed by atoms with Crippen LogP contribution in [0.15, 0.2) is 59.5 Å². The number of alkyl halides is 3. The summed E-state index contributed by atoms with van der Waals surface area (Å²) in [5.74, 6) is 0. The van der Waals surface area contributed by atoms with Crippen molar-refractivity contribution >= 4 is 11.8 Å². The smallest absolute Gasteiger partial charge is 0.160 e. The van der Waals surface area contributed by atoms with Gasteiger partial charge in [-0.15, -0.1) is 0 Å². The fraction of sp³-hybridized carbons (Fsp3) is 0.0769. The van der Waals surface area contributed by atoms with Gasteiger partial charge >= 0.3 is 5.51 Å². The zero-order valence-corrected chi connectivity index (χ0v) is 9.55. The molecule has 4 heteroatoms. The normalized spacial score (nSPS) is 11.5. The lowest BCUT2D eigenvalue weighted by atomic mass is 10.1. The van der Waals surface area contributed by atoms with Crippen LogP contribution in [-0.2, 0) is 0 Å². The van der Waals surface area contributed by atoms with Gasteiger partial charge in [-0.1, -0.05) is 48.5 Å². The first-order chi connectivity index (χ1) is 8.06. The second-order valence-electron chi connectivity index (χ2n) is 3.41. The summed E-state index contributed by atoms with van der Waals surface area (Å²) in [7, 11) is 0. The van der Waals surface area contributed by atoms with E-state index in [1.807, 2.05) is 18.2 Å². The number of rotatable bonds is 2. The number of halogens is 3. The predicted octanol–water partition coefficient (Wildman–Crippen LogP) is 4.97. The van der Waals surface area contributed by atoms with Gasteiger partial charge in [-0.3, -0.25) is 0 Å². The second-order valence-corrected chi connectivity index (χ2v) is 4.52. The van der Waals surface area contributed by atoms with E-state index in [0.717, 1.165) is 5.56 Å². The molecule has 0 aliphatic carbocycles. The van der Waals surface area contributed by atoms with Gasteiger partial charge in [-0.2, -0.15) is 13.2 Å². The highest BCUT2D eigenvalue weighted by Gasteiger charge is 2.30. The van der Waals surface area contributed by atoms with E-state index in [1.165, 1.54) is 6.07 Å². The molecule has 17 heavy (non-hydrogen) atoms. The Morgan fingerprint density at radius 1 is 0.765 bits per heavy atom. The van der Waals surface area contributed by atoms with E-state index in [1.54, 1.807) is 30.3 Å². The van der Waals surface area contributed by atoms with Crippen LogP contribution in [0, 0.1) is 0 Å². The molecule has 2 aromatic carbocycles. The predicted molar refractivity (Wildman–Crippen MR) is 63.8 cm³/mol. The van der Waals surface area contributed by atoms with Crippen molar-refractivity contribution in [1.29, 1.82) is 0 Å². The van der Waals surface area contributed by atoms with E-state index in [2.05, 4.69) is 0 Å². The molecular weight excluding hydrogens is 245 g/mol. The van der Waals surface area contributed by atoms with E-state index in [9.17, 15) is 13.2 Å². The molecule has 0 atom stereocenters. The minimum atomic E-state index is -4.26.